The molecule has 0 bridgehead atoms. The molecule has 2 rings (SSSR count). The van der Waals surface area contributed by atoms with Crippen LogP contribution in [0.15, 0.2) is 36.4 Å². The van der Waals surface area contributed by atoms with E-state index in [2.05, 4.69) is 0 Å². The van der Waals surface area contributed by atoms with Gasteiger partial charge in [0, 0.05) is 18.7 Å². The van der Waals surface area contributed by atoms with E-state index in [4.69, 9.17) is 4.74 Å². The minimum atomic E-state index is -1.01. The molecule has 138 valence electrons. The molecule has 1 amide bonds. The molecule has 0 aliphatic heterocycles. The maximum Gasteiger partial charge on any atom is 0.311 e. The third kappa shape index (κ3) is 3.96. The Labute approximate surface area is 149 Å². The molecule has 1 unspecified atom stereocenters. The Morgan fingerprint density at radius 1 is 1.23 bits per heavy atom. The predicted molar refractivity (Wildman–Crippen MR) is 91.1 cm³/mol. The van der Waals surface area contributed by atoms with E-state index in [0.29, 0.717) is 5.56 Å². The van der Waals surface area contributed by atoms with Crippen LogP contribution in [-0.4, -0.2) is 29.4 Å². The van der Waals surface area contributed by atoms with Crippen molar-refractivity contribution in [2.75, 3.05) is 13.7 Å². The fourth-order valence-electron chi connectivity index (χ4n) is 2.45. The molecule has 0 saturated heterocycles. The third-order valence-corrected chi connectivity index (χ3v) is 4.03. The molecule has 0 fully saturated rings. The lowest BCUT2D eigenvalue weighted by Crippen LogP contribution is -2.29. The van der Waals surface area contributed by atoms with Crippen molar-refractivity contribution in [2.24, 2.45) is 0 Å². The summed E-state index contributed by atoms with van der Waals surface area (Å²) in [4.78, 5) is 24.5. The first-order valence-corrected chi connectivity index (χ1v) is 7.89. The molecule has 0 spiro atoms. The normalized spacial score (nSPS) is 11.7. The zero-order valence-corrected chi connectivity index (χ0v) is 14.5. The van der Waals surface area contributed by atoms with E-state index in [0.717, 1.165) is 18.2 Å². The lowest BCUT2D eigenvalue weighted by atomic mass is 10.1. The number of nitro groups is 1. The highest BCUT2D eigenvalue weighted by molar-refractivity contribution is 5.95. The van der Waals surface area contributed by atoms with Crippen LogP contribution in [0.2, 0.25) is 0 Å². The molecule has 0 saturated carbocycles. The molecular weight excluding hydrogens is 346 g/mol. The van der Waals surface area contributed by atoms with Crippen molar-refractivity contribution >= 4 is 11.6 Å². The Kier molecular flexibility index (Phi) is 5.86. The van der Waals surface area contributed by atoms with Gasteiger partial charge in [0.1, 0.15) is 0 Å². The van der Waals surface area contributed by atoms with Crippen molar-refractivity contribution in [1.29, 1.82) is 0 Å². The number of nitrogens with zero attached hydrogens (tertiary/aromatic N) is 2. The summed E-state index contributed by atoms with van der Waals surface area (Å²) in [7, 11) is 1.48. The van der Waals surface area contributed by atoms with Crippen LogP contribution in [0.4, 0.5) is 14.5 Å². The van der Waals surface area contributed by atoms with Gasteiger partial charge in [-0.15, -0.1) is 0 Å². The van der Waals surface area contributed by atoms with Crippen LogP contribution in [0, 0.1) is 21.7 Å². The van der Waals surface area contributed by atoms with Gasteiger partial charge in [0.2, 0.25) is 0 Å². The van der Waals surface area contributed by atoms with Crippen molar-refractivity contribution in [1.82, 2.24) is 4.90 Å². The molecule has 0 aliphatic rings. The zero-order chi connectivity index (χ0) is 19.4. The summed E-state index contributed by atoms with van der Waals surface area (Å²) in [6.07, 6.45) is 0. The molecule has 0 radical (unpaired) electrons. The van der Waals surface area contributed by atoms with E-state index in [1.54, 1.807) is 13.8 Å². The van der Waals surface area contributed by atoms with E-state index in [9.17, 15) is 23.7 Å². The predicted octanol–water partition coefficient (Wildman–Crippen LogP) is 4.10. The zero-order valence-electron chi connectivity index (χ0n) is 14.5. The number of nitro benzene ring substituents is 1. The smallest absolute Gasteiger partial charge is 0.311 e. The van der Waals surface area contributed by atoms with Crippen molar-refractivity contribution in [3.05, 3.63) is 69.3 Å². The van der Waals surface area contributed by atoms with Crippen LogP contribution in [0.3, 0.4) is 0 Å². The summed E-state index contributed by atoms with van der Waals surface area (Å²) < 4.78 is 31.7. The standard InChI is InChI=1S/C18H18F2N2O4/c1-4-26-17-8-6-13(10-16(17)22(24)25)18(23)21(3)11(2)12-5-7-14(19)15(20)9-12/h5-11H,4H2,1-3H3. The first kappa shape index (κ1) is 19.3. The van der Waals surface area contributed by atoms with Crippen molar-refractivity contribution < 1.29 is 23.2 Å². The number of hydrogen-bond donors (Lipinski definition) is 0. The lowest BCUT2D eigenvalue weighted by molar-refractivity contribution is -0.385. The van der Waals surface area contributed by atoms with Gasteiger partial charge >= 0.3 is 5.69 Å². The number of hydrogen-bond acceptors (Lipinski definition) is 4. The van der Waals surface area contributed by atoms with E-state index in [1.807, 2.05) is 0 Å². The number of halogens is 2. The van der Waals surface area contributed by atoms with Gasteiger partial charge in [-0.1, -0.05) is 6.07 Å². The average Bonchev–Trinajstić information content (AvgIpc) is 2.62. The molecular formula is C18H18F2N2O4. The summed E-state index contributed by atoms with van der Waals surface area (Å²) in [6.45, 7) is 3.59. The van der Waals surface area contributed by atoms with Crippen LogP contribution >= 0.6 is 0 Å². The Morgan fingerprint density at radius 3 is 2.50 bits per heavy atom. The van der Waals surface area contributed by atoms with Crippen molar-refractivity contribution in [2.45, 2.75) is 19.9 Å². The van der Waals surface area contributed by atoms with Gasteiger partial charge in [-0.2, -0.15) is 0 Å². The van der Waals surface area contributed by atoms with Crippen LogP contribution in [0.5, 0.6) is 5.75 Å². The summed E-state index contributed by atoms with van der Waals surface area (Å²) >= 11 is 0. The van der Waals surface area contributed by atoms with E-state index >= 15 is 0 Å². The van der Waals surface area contributed by atoms with Crippen LogP contribution in [0.25, 0.3) is 0 Å². The molecule has 2 aromatic rings. The van der Waals surface area contributed by atoms with E-state index < -0.39 is 28.5 Å². The molecule has 0 N–H and O–H groups in total. The molecule has 1 atom stereocenters. The summed E-state index contributed by atoms with van der Waals surface area (Å²) in [5.74, 6) is -2.40. The summed E-state index contributed by atoms with van der Waals surface area (Å²) in [5, 5.41) is 11.2. The van der Waals surface area contributed by atoms with Crippen LogP contribution in [-0.2, 0) is 0 Å². The summed E-state index contributed by atoms with van der Waals surface area (Å²) in [6, 6.07) is 6.75. The van der Waals surface area contributed by atoms with Gasteiger partial charge in [0.25, 0.3) is 5.91 Å². The Hall–Kier alpha value is -3.03. The second kappa shape index (κ2) is 7.90. The topological polar surface area (TPSA) is 72.7 Å². The average molecular weight is 364 g/mol. The Morgan fingerprint density at radius 2 is 1.92 bits per heavy atom. The highest BCUT2D eigenvalue weighted by atomic mass is 19.2. The van der Waals surface area contributed by atoms with Crippen LogP contribution < -0.4 is 4.74 Å². The highest BCUT2D eigenvalue weighted by Gasteiger charge is 2.24. The Balaban J connectivity index is 2.30. The largest absolute Gasteiger partial charge is 0.487 e. The summed E-state index contributed by atoms with van der Waals surface area (Å²) in [5.41, 5.74) is 0.184. The van der Waals surface area contributed by atoms with Gasteiger partial charge < -0.3 is 9.64 Å². The van der Waals surface area contributed by atoms with Gasteiger partial charge in [-0.25, -0.2) is 8.78 Å². The minimum Gasteiger partial charge on any atom is -0.487 e. The second-order valence-electron chi connectivity index (χ2n) is 5.64. The first-order valence-electron chi connectivity index (χ1n) is 7.89. The molecule has 0 aromatic heterocycles. The first-order chi connectivity index (χ1) is 12.3. The van der Waals surface area contributed by atoms with Gasteiger partial charge in [0.05, 0.1) is 17.6 Å². The molecule has 6 nitrogen and oxygen atoms in total. The highest BCUT2D eigenvalue weighted by Crippen LogP contribution is 2.29. The number of carbonyl (C=O) groups is 1. The number of amides is 1. The number of carbonyl (C=O) groups excluding carboxylic acids is 1. The van der Waals surface area contributed by atoms with Gasteiger partial charge in [-0.3, -0.25) is 14.9 Å². The van der Waals surface area contributed by atoms with Crippen molar-refractivity contribution in [3.8, 4) is 5.75 Å². The van der Waals surface area contributed by atoms with Gasteiger partial charge in [-0.05, 0) is 43.7 Å². The number of benzene rings is 2. The van der Waals surface area contributed by atoms with Crippen LogP contribution in [0.1, 0.15) is 35.8 Å². The fraction of sp³-hybridized carbons (Fsp3) is 0.278. The van der Waals surface area contributed by atoms with Gasteiger partial charge in [0.15, 0.2) is 17.4 Å². The van der Waals surface area contributed by atoms with Crippen molar-refractivity contribution in [3.63, 3.8) is 0 Å². The molecule has 8 heteroatoms. The number of ether oxygens (including phenoxy) is 1. The molecule has 2 aromatic carbocycles. The van der Waals surface area contributed by atoms with E-state index in [1.165, 1.54) is 30.1 Å². The third-order valence-electron chi connectivity index (χ3n) is 4.03. The monoisotopic (exact) mass is 364 g/mol. The lowest BCUT2D eigenvalue weighted by Gasteiger charge is -2.25. The Bertz CT molecular complexity index is 842. The quantitative estimate of drug-likeness (QED) is 0.571. The SMILES string of the molecule is CCOc1ccc(C(=O)N(C)C(C)c2ccc(F)c(F)c2)cc1[N+](=O)[O-]. The molecule has 0 heterocycles. The fourth-order valence-corrected chi connectivity index (χ4v) is 2.45. The molecule has 26 heavy (non-hydrogen) atoms. The molecule has 0 aliphatic carbocycles. The minimum absolute atomic E-state index is 0.0744. The second-order valence-corrected chi connectivity index (χ2v) is 5.64. The van der Waals surface area contributed by atoms with E-state index in [-0.39, 0.29) is 23.6 Å². The maximum absolute atomic E-state index is 13.4. The maximum atomic E-state index is 13.4. The number of rotatable bonds is 6.